The van der Waals surface area contributed by atoms with Gasteiger partial charge in [0.15, 0.2) is 0 Å². The Labute approximate surface area is 110 Å². The van der Waals surface area contributed by atoms with Crippen molar-refractivity contribution in [1.82, 2.24) is 5.32 Å². The Bertz CT molecular complexity index is 393. The lowest BCUT2D eigenvalue weighted by atomic mass is 9.81. The van der Waals surface area contributed by atoms with Gasteiger partial charge in [0.2, 0.25) is 0 Å². The maximum Gasteiger partial charge on any atom is 0.251 e. The van der Waals surface area contributed by atoms with Crippen LogP contribution in [0.1, 0.15) is 43.6 Å². The zero-order valence-corrected chi connectivity index (χ0v) is 11.8. The third-order valence-electron chi connectivity index (χ3n) is 3.72. The molecule has 0 aliphatic rings. The van der Waals surface area contributed by atoms with Crippen LogP contribution in [0.2, 0.25) is 0 Å². The molecule has 3 N–H and O–H groups in total. The van der Waals surface area contributed by atoms with E-state index in [0.717, 1.165) is 5.56 Å². The standard InChI is InChI=1S/C15H24N2O/c1-11(2)15(3,4)10-17-14(18)13-7-5-12(9-16)6-8-13/h5-8,11H,9-10,16H2,1-4H3,(H,17,18). The van der Waals surface area contributed by atoms with Crippen molar-refractivity contribution in [1.29, 1.82) is 0 Å². The normalized spacial score (nSPS) is 11.7. The van der Waals surface area contributed by atoms with Crippen LogP contribution in [0.25, 0.3) is 0 Å². The largest absolute Gasteiger partial charge is 0.351 e. The molecule has 0 saturated carbocycles. The minimum absolute atomic E-state index is 0.0210. The summed E-state index contributed by atoms with van der Waals surface area (Å²) in [6.45, 7) is 9.85. The Hall–Kier alpha value is -1.35. The zero-order chi connectivity index (χ0) is 13.8. The quantitative estimate of drug-likeness (QED) is 0.841. The smallest absolute Gasteiger partial charge is 0.251 e. The number of nitrogens with one attached hydrogen (secondary N) is 1. The zero-order valence-electron chi connectivity index (χ0n) is 11.8. The lowest BCUT2D eigenvalue weighted by molar-refractivity contribution is 0.0925. The molecule has 1 amide bonds. The maximum atomic E-state index is 12.0. The van der Waals surface area contributed by atoms with Gasteiger partial charge in [-0.25, -0.2) is 0 Å². The molecule has 1 aromatic carbocycles. The van der Waals surface area contributed by atoms with Gasteiger partial charge in [0.1, 0.15) is 0 Å². The average molecular weight is 248 g/mol. The van der Waals surface area contributed by atoms with Crippen molar-refractivity contribution >= 4 is 5.91 Å². The second-order valence-corrected chi connectivity index (χ2v) is 5.73. The van der Waals surface area contributed by atoms with Crippen LogP contribution in [0.4, 0.5) is 0 Å². The van der Waals surface area contributed by atoms with Crippen LogP contribution < -0.4 is 11.1 Å². The summed E-state index contributed by atoms with van der Waals surface area (Å²) < 4.78 is 0. The van der Waals surface area contributed by atoms with Crippen molar-refractivity contribution < 1.29 is 4.79 Å². The molecule has 0 saturated heterocycles. The van der Waals surface area contributed by atoms with Crippen molar-refractivity contribution in [2.45, 2.75) is 34.2 Å². The van der Waals surface area contributed by atoms with Gasteiger partial charge in [-0.05, 0) is 29.0 Å². The highest BCUT2D eigenvalue weighted by molar-refractivity contribution is 5.94. The predicted octanol–water partition coefficient (Wildman–Crippen LogP) is 2.56. The van der Waals surface area contributed by atoms with E-state index in [4.69, 9.17) is 5.73 Å². The van der Waals surface area contributed by atoms with Crippen LogP contribution >= 0.6 is 0 Å². The Morgan fingerprint density at radius 3 is 2.28 bits per heavy atom. The molecule has 0 aliphatic heterocycles. The molecule has 1 rings (SSSR count). The Morgan fingerprint density at radius 1 is 1.28 bits per heavy atom. The number of nitrogens with two attached hydrogens (primary N) is 1. The molecule has 0 unspecified atom stereocenters. The number of amides is 1. The van der Waals surface area contributed by atoms with Gasteiger partial charge in [-0.1, -0.05) is 39.8 Å². The number of carbonyl (C=O) groups is 1. The number of rotatable bonds is 5. The summed E-state index contributed by atoms with van der Waals surface area (Å²) in [4.78, 5) is 12.0. The van der Waals surface area contributed by atoms with Crippen LogP contribution in [0.3, 0.4) is 0 Å². The Balaban J connectivity index is 2.60. The van der Waals surface area contributed by atoms with Crippen LogP contribution in [-0.4, -0.2) is 12.5 Å². The minimum Gasteiger partial charge on any atom is -0.351 e. The predicted molar refractivity (Wildman–Crippen MR) is 75.3 cm³/mol. The third-order valence-corrected chi connectivity index (χ3v) is 3.72. The molecule has 0 fully saturated rings. The molecule has 0 bridgehead atoms. The van der Waals surface area contributed by atoms with E-state index in [2.05, 4.69) is 33.0 Å². The molecule has 3 nitrogen and oxygen atoms in total. The molecule has 1 aromatic rings. The summed E-state index contributed by atoms with van der Waals surface area (Å²) >= 11 is 0. The summed E-state index contributed by atoms with van der Waals surface area (Å²) in [5.74, 6) is 0.504. The topological polar surface area (TPSA) is 55.1 Å². The van der Waals surface area contributed by atoms with E-state index < -0.39 is 0 Å². The van der Waals surface area contributed by atoms with Gasteiger partial charge in [-0.3, -0.25) is 4.79 Å². The van der Waals surface area contributed by atoms with Gasteiger partial charge in [-0.15, -0.1) is 0 Å². The van der Waals surface area contributed by atoms with Crippen molar-refractivity contribution in [3.8, 4) is 0 Å². The van der Waals surface area contributed by atoms with Crippen LogP contribution in [0.5, 0.6) is 0 Å². The van der Waals surface area contributed by atoms with Crippen molar-refractivity contribution in [3.63, 3.8) is 0 Å². The second kappa shape index (κ2) is 6.01. The van der Waals surface area contributed by atoms with E-state index in [9.17, 15) is 4.79 Å². The van der Waals surface area contributed by atoms with E-state index in [1.54, 1.807) is 0 Å². The van der Waals surface area contributed by atoms with Crippen molar-refractivity contribution in [3.05, 3.63) is 35.4 Å². The fraction of sp³-hybridized carbons (Fsp3) is 0.533. The average Bonchev–Trinajstić information content (AvgIpc) is 2.36. The van der Waals surface area contributed by atoms with E-state index in [-0.39, 0.29) is 11.3 Å². The third kappa shape index (κ3) is 3.84. The number of hydrogen-bond donors (Lipinski definition) is 2. The van der Waals surface area contributed by atoms with E-state index >= 15 is 0 Å². The molecule has 100 valence electrons. The monoisotopic (exact) mass is 248 g/mol. The fourth-order valence-electron chi connectivity index (χ4n) is 1.41. The van der Waals surface area contributed by atoms with Crippen LogP contribution in [-0.2, 0) is 6.54 Å². The summed E-state index contributed by atoms with van der Waals surface area (Å²) in [6, 6.07) is 7.42. The lowest BCUT2D eigenvalue weighted by Gasteiger charge is -2.29. The van der Waals surface area contributed by atoms with Gasteiger partial charge in [0, 0.05) is 18.7 Å². The Kier molecular flexibility index (Phi) is 4.91. The molecular weight excluding hydrogens is 224 g/mol. The van der Waals surface area contributed by atoms with Crippen molar-refractivity contribution in [2.24, 2.45) is 17.1 Å². The van der Waals surface area contributed by atoms with E-state index in [0.29, 0.717) is 24.6 Å². The minimum atomic E-state index is -0.0210. The first-order chi connectivity index (χ1) is 8.36. The summed E-state index contributed by atoms with van der Waals surface area (Å²) in [7, 11) is 0. The number of carbonyl (C=O) groups excluding carboxylic acids is 1. The first kappa shape index (κ1) is 14.7. The molecule has 0 radical (unpaired) electrons. The molecular formula is C15H24N2O. The van der Waals surface area contributed by atoms with Gasteiger partial charge in [0.25, 0.3) is 5.91 Å². The van der Waals surface area contributed by atoms with Crippen molar-refractivity contribution in [2.75, 3.05) is 6.54 Å². The summed E-state index contributed by atoms with van der Waals surface area (Å²) in [5, 5.41) is 2.99. The molecule has 0 heterocycles. The van der Waals surface area contributed by atoms with Gasteiger partial charge in [0.05, 0.1) is 0 Å². The highest BCUT2D eigenvalue weighted by Crippen LogP contribution is 2.24. The van der Waals surface area contributed by atoms with E-state index in [1.807, 2.05) is 24.3 Å². The van der Waals surface area contributed by atoms with Crippen LogP contribution in [0.15, 0.2) is 24.3 Å². The molecule has 0 aromatic heterocycles. The van der Waals surface area contributed by atoms with Gasteiger partial charge >= 0.3 is 0 Å². The van der Waals surface area contributed by atoms with E-state index in [1.165, 1.54) is 0 Å². The molecule has 0 spiro atoms. The SMILES string of the molecule is CC(C)C(C)(C)CNC(=O)c1ccc(CN)cc1. The van der Waals surface area contributed by atoms with Gasteiger partial charge < -0.3 is 11.1 Å². The Morgan fingerprint density at radius 2 is 1.83 bits per heavy atom. The molecule has 3 heteroatoms. The first-order valence-corrected chi connectivity index (χ1v) is 6.44. The van der Waals surface area contributed by atoms with Crippen LogP contribution in [0, 0.1) is 11.3 Å². The summed E-state index contributed by atoms with van der Waals surface area (Å²) in [5.41, 5.74) is 7.35. The lowest BCUT2D eigenvalue weighted by Crippen LogP contribution is -2.36. The second-order valence-electron chi connectivity index (χ2n) is 5.73. The first-order valence-electron chi connectivity index (χ1n) is 6.44. The maximum absolute atomic E-state index is 12.0. The number of benzene rings is 1. The number of hydrogen-bond acceptors (Lipinski definition) is 2. The molecule has 18 heavy (non-hydrogen) atoms. The summed E-state index contributed by atoms with van der Waals surface area (Å²) in [6.07, 6.45) is 0. The highest BCUT2D eigenvalue weighted by atomic mass is 16.1. The molecule has 0 aliphatic carbocycles. The van der Waals surface area contributed by atoms with Gasteiger partial charge in [-0.2, -0.15) is 0 Å². The fourth-order valence-corrected chi connectivity index (χ4v) is 1.41. The highest BCUT2D eigenvalue weighted by Gasteiger charge is 2.23. The molecule has 0 atom stereocenters.